The Labute approximate surface area is 311 Å². The molecule has 48 heavy (non-hydrogen) atoms. The minimum atomic E-state index is -0.473. The van der Waals surface area contributed by atoms with Gasteiger partial charge >= 0.3 is 0 Å². The monoisotopic (exact) mass is 752 g/mol. The zero-order chi connectivity index (χ0) is 36.0. The molecule has 4 rings (SSSR count). The van der Waals surface area contributed by atoms with E-state index in [1.165, 1.54) is 34.4 Å². The second kappa shape index (κ2) is 32.8. The standard InChI is InChI=1S/C20H22O5.C5H10N2O2.C3H7NO.C2H4NO.2C2H6.Y/c21-12-11-16-18-17(24-20(23-16)15-9-5-2-6-10-15)13-22-19(25-18)14-7-3-1-4-8-14;1-4(8)7-3-5(9)6-2;1-3(5)4-2;1-3-2-4;2*1-2;/h1-10,16-21H,11-13H2;3H2,1-2H3,(H,6,9)(H,7,8);1-2H3,(H,4,5);1H3,(H,3,4);2*1-2H3;/q;;;-1;;;. The number of nitrogens with one attached hydrogen (secondary N) is 4. The van der Waals surface area contributed by atoms with E-state index in [0.717, 1.165) is 11.1 Å². The van der Waals surface area contributed by atoms with Crippen LogP contribution in [0.15, 0.2) is 60.7 Å². The van der Waals surface area contributed by atoms with E-state index in [0.29, 0.717) is 13.0 Å². The van der Waals surface area contributed by atoms with Crippen LogP contribution in [0.2, 0.25) is 0 Å². The molecule has 269 valence electrons. The summed E-state index contributed by atoms with van der Waals surface area (Å²) in [6.07, 6.45) is 0.268. The molecule has 2 heterocycles. The number of carbonyl (C=O) groups is 3. The first kappa shape index (κ1) is 49.6. The molecular formula is C34H55N4O9Y-. The molecule has 5 unspecified atom stereocenters. The maximum Gasteiger partial charge on any atom is 0.239 e. The van der Waals surface area contributed by atoms with Crippen LogP contribution in [0.5, 0.6) is 0 Å². The van der Waals surface area contributed by atoms with Crippen LogP contribution in [0.25, 0.3) is 0 Å². The number of benzene rings is 2. The molecule has 2 aromatic carbocycles. The maximum atomic E-state index is 10.4. The van der Waals surface area contributed by atoms with Gasteiger partial charge in [0.15, 0.2) is 12.6 Å². The molecule has 13 nitrogen and oxygen atoms in total. The Morgan fingerprint density at radius 1 is 0.792 bits per heavy atom. The van der Waals surface area contributed by atoms with E-state index in [4.69, 9.17) is 23.7 Å². The summed E-state index contributed by atoms with van der Waals surface area (Å²) < 4.78 is 24.2. The fourth-order valence-electron chi connectivity index (χ4n) is 3.62. The summed E-state index contributed by atoms with van der Waals surface area (Å²) in [7, 11) is 4.62. The van der Waals surface area contributed by atoms with E-state index in [-0.39, 0.29) is 81.9 Å². The smallest absolute Gasteiger partial charge is 0.239 e. The summed E-state index contributed by atoms with van der Waals surface area (Å²) in [5.74, 6) is -0.381. The molecule has 2 saturated heterocycles. The fraction of sp³-hybridized carbons (Fsp3) is 0.529. The van der Waals surface area contributed by atoms with Crippen LogP contribution < -0.4 is 21.3 Å². The molecular weight excluding hydrogens is 697 g/mol. The summed E-state index contributed by atoms with van der Waals surface area (Å²) in [4.78, 5) is 39.2. The molecule has 0 spiro atoms. The Morgan fingerprint density at radius 2 is 1.27 bits per heavy atom. The number of carbonyl (C=O) groups excluding carboxylic acids is 4. The number of amides is 4. The molecule has 0 aliphatic carbocycles. The number of hydrogen-bond acceptors (Lipinski definition) is 9. The van der Waals surface area contributed by atoms with Gasteiger partial charge in [-0.3, -0.25) is 14.4 Å². The Kier molecular flexibility index (Phi) is 33.9. The average Bonchev–Trinajstić information content (AvgIpc) is 3.13. The van der Waals surface area contributed by atoms with Gasteiger partial charge in [0.2, 0.25) is 17.7 Å². The molecule has 1 radical (unpaired) electrons. The van der Waals surface area contributed by atoms with Crippen molar-refractivity contribution < 1.29 is 75.9 Å². The van der Waals surface area contributed by atoms with Crippen molar-refractivity contribution in [1.82, 2.24) is 21.3 Å². The molecule has 4 amide bonds. The van der Waals surface area contributed by atoms with Gasteiger partial charge in [0.1, 0.15) is 12.2 Å². The maximum absolute atomic E-state index is 10.4. The number of aliphatic hydroxyl groups is 1. The first-order valence-corrected chi connectivity index (χ1v) is 15.7. The third-order valence-electron chi connectivity index (χ3n) is 5.81. The Hall–Kier alpha value is -2.78. The summed E-state index contributed by atoms with van der Waals surface area (Å²) in [6, 6.07) is 19.6. The van der Waals surface area contributed by atoms with Gasteiger partial charge in [0.25, 0.3) is 0 Å². The van der Waals surface area contributed by atoms with Crippen LogP contribution in [0.3, 0.4) is 0 Å². The number of fused-ring (bicyclic) bond motifs is 1. The van der Waals surface area contributed by atoms with Crippen molar-refractivity contribution in [2.24, 2.45) is 0 Å². The first-order chi connectivity index (χ1) is 22.7. The van der Waals surface area contributed by atoms with Crippen LogP contribution in [-0.4, -0.2) is 88.5 Å². The second-order valence-corrected chi connectivity index (χ2v) is 9.02. The van der Waals surface area contributed by atoms with Crippen LogP contribution in [-0.2, 0) is 70.8 Å². The number of hydrogen-bond donors (Lipinski definition) is 5. The molecule has 2 fully saturated rings. The summed E-state index contributed by atoms with van der Waals surface area (Å²) in [6.45, 7) is 11.4. The normalized spacial score (nSPS) is 19.7. The predicted octanol–water partition coefficient (Wildman–Crippen LogP) is 2.91. The van der Waals surface area contributed by atoms with Crippen LogP contribution in [0.4, 0.5) is 0 Å². The molecule has 0 bridgehead atoms. The van der Waals surface area contributed by atoms with E-state index >= 15 is 0 Å². The van der Waals surface area contributed by atoms with Gasteiger partial charge in [-0.05, 0) is 13.5 Å². The van der Waals surface area contributed by atoms with Crippen molar-refractivity contribution in [1.29, 1.82) is 0 Å². The van der Waals surface area contributed by atoms with Crippen molar-refractivity contribution in [2.45, 2.75) is 78.9 Å². The van der Waals surface area contributed by atoms with Gasteiger partial charge in [0.05, 0.1) is 19.3 Å². The van der Waals surface area contributed by atoms with Crippen LogP contribution in [0.1, 0.15) is 71.7 Å². The summed E-state index contributed by atoms with van der Waals surface area (Å²) in [5.41, 5.74) is 1.92. The Morgan fingerprint density at radius 3 is 1.67 bits per heavy atom. The first-order valence-electron chi connectivity index (χ1n) is 15.7. The average molecular weight is 753 g/mol. The number of rotatable bonds is 7. The third kappa shape index (κ3) is 22.0. The SMILES string of the molecule is CC.CC.CNC(=O)CNC(C)=O.CNC(C)=O.CN[C-]=O.OCCC1OC(c2ccccc2)OC2COC(c3ccccc3)OC12.[Y]. The van der Waals surface area contributed by atoms with Crippen LogP contribution >= 0.6 is 0 Å². The molecule has 2 aliphatic rings. The van der Waals surface area contributed by atoms with Crippen LogP contribution in [0, 0.1) is 0 Å². The minimum absolute atomic E-state index is 0. The summed E-state index contributed by atoms with van der Waals surface area (Å²) >= 11 is 0. The van der Waals surface area contributed by atoms with Crippen molar-refractivity contribution in [3.05, 3.63) is 71.8 Å². The molecule has 0 saturated carbocycles. The number of likely N-dealkylation sites (N-methyl/N-ethyl adjacent to an activating group) is 1. The third-order valence-corrected chi connectivity index (χ3v) is 5.81. The Bertz CT molecular complexity index is 1080. The molecule has 14 heteroatoms. The van der Waals surface area contributed by atoms with Gasteiger partial charge in [0, 0.05) is 78.4 Å². The number of aliphatic hydroxyl groups excluding tert-OH is 1. The molecule has 5 atom stereocenters. The van der Waals surface area contributed by atoms with E-state index in [1.807, 2.05) is 88.4 Å². The zero-order valence-corrected chi connectivity index (χ0v) is 32.6. The van der Waals surface area contributed by atoms with Crippen molar-refractivity contribution in [2.75, 3.05) is 40.9 Å². The van der Waals surface area contributed by atoms with E-state index in [9.17, 15) is 19.5 Å². The fourth-order valence-corrected chi connectivity index (χ4v) is 3.62. The number of ether oxygens (including phenoxy) is 4. The molecule has 2 aliphatic heterocycles. The van der Waals surface area contributed by atoms with E-state index in [1.54, 1.807) is 7.05 Å². The van der Waals surface area contributed by atoms with Gasteiger partial charge in [-0.25, -0.2) is 0 Å². The second-order valence-electron chi connectivity index (χ2n) is 9.02. The topological polar surface area (TPSA) is 174 Å². The largest absolute Gasteiger partial charge is 0.532 e. The van der Waals surface area contributed by atoms with Gasteiger partial charge in [-0.1, -0.05) is 88.4 Å². The van der Waals surface area contributed by atoms with E-state index < -0.39 is 12.6 Å². The predicted molar refractivity (Wildman–Crippen MR) is 181 cm³/mol. The molecule has 2 aromatic rings. The van der Waals surface area contributed by atoms with Crippen molar-refractivity contribution >= 4 is 24.1 Å². The van der Waals surface area contributed by atoms with E-state index in [2.05, 4.69) is 21.3 Å². The molecule has 0 aromatic heterocycles. The zero-order valence-electron chi connectivity index (χ0n) is 29.8. The minimum Gasteiger partial charge on any atom is -0.532 e. The van der Waals surface area contributed by atoms with Gasteiger partial charge in [-0.2, -0.15) is 6.41 Å². The van der Waals surface area contributed by atoms with Crippen molar-refractivity contribution in [3.63, 3.8) is 0 Å². The summed E-state index contributed by atoms with van der Waals surface area (Å²) in [5, 5.41) is 18.7. The molecule has 5 N–H and O–H groups in total. The van der Waals surface area contributed by atoms with Gasteiger partial charge in [-0.15, -0.1) is 0 Å². The quantitative estimate of drug-likeness (QED) is 0.211. The van der Waals surface area contributed by atoms with Gasteiger partial charge < -0.3 is 50.1 Å². The van der Waals surface area contributed by atoms with Crippen molar-refractivity contribution in [3.8, 4) is 0 Å². The Balaban J connectivity index is -0.000000732.